The van der Waals surface area contributed by atoms with Gasteiger partial charge in [-0.1, -0.05) is 6.08 Å². The molecular weight excluding hydrogens is 310 g/mol. The van der Waals surface area contributed by atoms with E-state index in [1.807, 2.05) is 12.1 Å². The van der Waals surface area contributed by atoms with Crippen LogP contribution in [0.2, 0.25) is 0 Å². The molecule has 1 rings (SSSR count). The van der Waals surface area contributed by atoms with Gasteiger partial charge in [-0.3, -0.25) is 20.4 Å². The molecule has 0 radical (unpaired) electrons. The summed E-state index contributed by atoms with van der Waals surface area (Å²) in [6.45, 7) is 7.07. The predicted molar refractivity (Wildman–Crippen MR) is 91.4 cm³/mol. The summed E-state index contributed by atoms with van der Waals surface area (Å²) in [5.41, 5.74) is 5.90. The SMILES string of the molecule is C/C=C/C(=O)OCC(=O)NNC(=O)c1ccc(N(CC)CC)cc1. The number of hydrazine groups is 1. The van der Waals surface area contributed by atoms with E-state index in [1.165, 1.54) is 12.2 Å². The smallest absolute Gasteiger partial charge is 0.330 e. The minimum Gasteiger partial charge on any atom is -0.452 e. The zero-order chi connectivity index (χ0) is 17.9. The molecule has 130 valence electrons. The molecule has 0 heterocycles. The van der Waals surface area contributed by atoms with Crippen LogP contribution in [0.5, 0.6) is 0 Å². The van der Waals surface area contributed by atoms with Crippen LogP contribution < -0.4 is 15.8 Å². The first-order valence-corrected chi connectivity index (χ1v) is 7.75. The number of anilines is 1. The van der Waals surface area contributed by atoms with Crippen molar-refractivity contribution in [2.75, 3.05) is 24.6 Å². The molecule has 1 aromatic rings. The first-order chi connectivity index (χ1) is 11.5. The van der Waals surface area contributed by atoms with Crippen molar-refractivity contribution in [2.24, 2.45) is 0 Å². The molecular formula is C17H23N3O4. The molecule has 0 aliphatic rings. The van der Waals surface area contributed by atoms with Gasteiger partial charge >= 0.3 is 5.97 Å². The standard InChI is InChI=1S/C17H23N3O4/c1-4-7-16(22)24-12-15(21)18-19-17(23)13-8-10-14(11-9-13)20(5-2)6-3/h4,7-11H,5-6,12H2,1-3H3,(H,18,21)(H,19,23)/b7-4+. The van der Waals surface area contributed by atoms with Crippen molar-refractivity contribution in [3.05, 3.63) is 42.0 Å². The van der Waals surface area contributed by atoms with Crippen LogP contribution in [0.15, 0.2) is 36.4 Å². The minimum absolute atomic E-state index is 0.414. The maximum atomic E-state index is 12.0. The zero-order valence-electron chi connectivity index (χ0n) is 14.2. The van der Waals surface area contributed by atoms with E-state index < -0.39 is 24.4 Å². The van der Waals surface area contributed by atoms with Crippen molar-refractivity contribution >= 4 is 23.5 Å². The van der Waals surface area contributed by atoms with Crippen LogP contribution in [-0.4, -0.2) is 37.5 Å². The summed E-state index contributed by atoms with van der Waals surface area (Å²) in [5.74, 6) is -1.69. The summed E-state index contributed by atoms with van der Waals surface area (Å²) in [4.78, 5) is 36.6. The Morgan fingerprint density at radius 2 is 1.71 bits per heavy atom. The Morgan fingerprint density at radius 1 is 1.08 bits per heavy atom. The number of rotatable bonds is 7. The van der Waals surface area contributed by atoms with Crippen LogP contribution in [0.4, 0.5) is 5.69 Å². The number of ether oxygens (including phenoxy) is 1. The number of carbonyl (C=O) groups is 3. The van der Waals surface area contributed by atoms with Crippen LogP contribution in [0.25, 0.3) is 0 Å². The van der Waals surface area contributed by atoms with Gasteiger partial charge in [0, 0.05) is 30.4 Å². The Bertz CT molecular complexity index is 592. The van der Waals surface area contributed by atoms with Gasteiger partial charge in [0.05, 0.1) is 0 Å². The number of nitrogens with one attached hydrogen (secondary N) is 2. The molecule has 0 bridgehead atoms. The highest BCUT2D eigenvalue weighted by Crippen LogP contribution is 2.14. The number of carbonyl (C=O) groups excluding carboxylic acids is 3. The number of hydrogen-bond donors (Lipinski definition) is 2. The number of hydrogen-bond acceptors (Lipinski definition) is 5. The molecule has 0 fully saturated rings. The predicted octanol–water partition coefficient (Wildman–Crippen LogP) is 1.41. The molecule has 0 aliphatic carbocycles. The molecule has 0 spiro atoms. The fourth-order valence-corrected chi connectivity index (χ4v) is 1.97. The average molecular weight is 333 g/mol. The Hall–Kier alpha value is -2.83. The lowest BCUT2D eigenvalue weighted by molar-refractivity contribution is -0.144. The van der Waals surface area contributed by atoms with Crippen molar-refractivity contribution in [3.63, 3.8) is 0 Å². The second kappa shape index (κ2) is 10.0. The number of nitrogens with zero attached hydrogens (tertiary/aromatic N) is 1. The molecule has 0 atom stereocenters. The van der Waals surface area contributed by atoms with E-state index in [-0.39, 0.29) is 0 Å². The van der Waals surface area contributed by atoms with Crippen LogP contribution in [0, 0.1) is 0 Å². The third-order valence-electron chi connectivity index (χ3n) is 3.22. The lowest BCUT2D eigenvalue weighted by Gasteiger charge is -2.21. The fourth-order valence-electron chi connectivity index (χ4n) is 1.97. The van der Waals surface area contributed by atoms with Crippen LogP contribution in [0.1, 0.15) is 31.1 Å². The number of benzene rings is 1. The first kappa shape index (κ1) is 19.2. The summed E-state index contributed by atoms with van der Waals surface area (Å²) in [6, 6.07) is 7.06. The van der Waals surface area contributed by atoms with E-state index in [0.717, 1.165) is 18.8 Å². The summed E-state index contributed by atoms with van der Waals surface area (Å²) in [7, 11) is 0. The summed E-state index contributed by atoms with van der Waals surface area (Å²) in [6.07, 6.45) is 2.70. The Kier molecular flexibility index (Phi) is 8.04. The Balaban J connectivity index is 2.47. The molecule has 7 heteroatoms. The van der Waals surface area contributed by atoms with E-state index in [9.17, 15) is 14.4 Å². The maximum absolute atomic E-state index is 12.0. The van der Waals surface area contributed by atoms with Crippen molar-refractivity contribution in [2.45, 2.75) is 20.8 Å². The molecule has 0 unspecified atom stereocenters. The van der Waals surface area contributed by atoms with Crippen LogP contribution >= 0.6 is 0 Å². The highest BCUT2D eigenvalue weighted by Gasteiger charge is 2.09. The summed E-state index contributed by atoms with van der Waals surface area (Å²) < 4.78 is 4.65. The minimum atomic E-state index is -0.624. The van der Waals surface area contributed by atoms with Crippen molar-refractivity contribution in [3.8, 4) is 0 Å². The lowest BCUT2D eigenvalue weighted by Crippen LogP contribution is -2.43. The van der Waals surface area contributed by atoms with Gasteiger partial charge in [0.25, 0.3) is 11.8 Å². The van der Waals surface area contributed by atoms with Gasteiger partial charge in [0.15, 0.2) is 6.61 Å². The normalized spacial score (nSPS) is 10.3. The van der Waals surface area contributed by atoms with Gasteiger partial charge in [-0.25, -0.2) is 4.79 Å². The second-order valence-corrected chi connectivity index (χ2v) is 4.83. The van der Waals surface area contributed by atoms with Crippen molar-refractivity contribution in [1.82, 2.24) is 10.9 Å². The Morgan fingerprint density at radius 3 is 2.25 bits per heavy atom. The van der Waals surface area contributed by atoms with Gasteiger partial charge in [-0.2, -0.15) is 0 Å². The zero-order valence-corrected chi connectivity index (χ0v) is 14.2. The number of allylic oxidation sites excluding steroid dienone is 1. The highest BCUT2D eigenvalue weighted by molar-refractivity contribution is 5.96. The van der Waals surface area contributed by atoms with Crippen LogP contribution in [0.3, 0.4) is 0 Å². The molecule has 2 amide bonds. The number of amides is 2. The summed E-state index contributed by atoms with van der Waals surface area (Å²) >= 11 is 0. The molecule has 7 nitrogen and oxygen atoms in total. The second-order valence-electron chi connectivity index (χ2n) is 4.83. The largest absolute Gasteiger partial charge is 0.452 e. The van der Waals surface area contributed by atoms with Crippen LogP contribution in [-0.2, 0) is 14.3 Å². The van der Waals surface area contributed by atoms with E-state index in [0.29, 0.717) is 5.56 Å². The molecule has 2 N–H and O–H groups in total. The van der Waals surface area contributed by atoms with Gasteiger partial charge in [-0.15, -0.1) is 0 Å². The quantitative estimate of drug-likeness (QED) is 0.447. The summed E-state index contributed by atoms with van der Waals surface area (Å²) in [5, 5.41) is 0. The first-order valence-electron chi connectivity index (χ1n) is 7.75. The average Bonchev–Trinajstić information content (AvgIpc) is 2.59. The third kappa shape index (κ3) is 6.12. The lowest BCUT2D eigenvalue weighted by atomic mass is 10.2. The molecule has 0 saturated heterocycles. The van der Waals surface area contributed by atoms with Crippen molar-refractivity contribution < 1.29 is 19.1 Å². The third-order valence-corrected chi connectivity index (χ3v) is 3.22. The Labute approximate surface area is 141 Å². The fraction of sp³-hybridized carbons (Fsp3) is 0.353. The molecule has 0 aliphatic heterocycles. The van der Waals surface area contributed by atoms with Gasteiger partial charge in [0.1, 0.15) is 0 Å². The maximum Gasteiger partial charge on any atom is 0.330 e. The molecule has 0 aromatic heterocycles. The number of esters is 1. The van der Waals surface area contributed by atoms with E-state index >= 15 is 0 Å². The van der Waals surface area contributed by atoms with Crippen molar-refractivity contribution in [1.29, 1.82) is 0 Å². The molecule has 24 heavy (non-hydrogen) atoms. The highest BCUT2D eigenvalue weighted by atomic mass is 16.5. The van der Waals surface area contributed by atoms with Gasteiger partial charge in [0.2, 0.25) is 0 Å². The van der Waals surface area contributed by atoms with E-state index in [4.69, 9.17) is 0 Å². The monoisotopic (exact) mass is 333 g/mol. The topological polar surface area (TPSA) is 87.7 Å². The van der Waals surface area contributed by atoms with E-state index in [2.05, 4.69) is 34.3 Å². The molecule has 1 aromatic carbocycles. The molecule has 0 saturated carbocycles. The van der Waals surface area contributed by atoms with E-state index in [1.54, 1.807) is 19.1 Å². The van der Waals surface area contributed by atoms with Gasteiger partial charge in [-0.05, 0) is 45.0 Å². The van der Waals surface area contributed by atoms with Gasteiger partial charge < -0.3 is 9.64 Å².